The highest BCUT2D eigenvalue weighted by Crippen LogP contribution is 2.21. The Hall–Kier alpha value is -1.65. The highest BCUT2D eigenvalue weighted by Gasteiger charge is 2.25. The predicted octanol–water partition coefficient (Wildman–Crippen LogP) is 0.747. The zero-order chi connectivity index (χ0) is 12.3. The van der Waals surface area contributed by atoms with Crippen molar-refractivity contribution in [2.45, 2.75) is 19.8 Å². The minimum Gasteiger partial charge on any atom is -0.359 e. The zero-order valence-electron chi connectivity index (χ0n) is 10.3. The first-order valence-electron chi connectivity index (χ1n) is 5.97. The van der Waals surface area contributed by atoms with E-state index in [2.05, 4.69) is 20.4 Å². The Bertz CT molecular complexity index is 390. The molecule has 0 bridgehead atoms. The molecule has 1 atom stereocenters. The second kappa shape index (κ2) is 5.12. The summed E-state index contributed by atoms with van der Waals surface area (Å²) in [6, 6.07) is 3.92. The minimum atomic E-state index is 0.0665. The van der Waals surface area contributed by atoms with E-state index in [1.54, 1.807) is 7.05 Å². The van der Waals surface area contributed by atoms with E-state index < -0.39 is 0 Å². The third-order valence-electron chi connectivity index (χ3n) is 3.15. The Morgan fingerprint density at radius 1 is 1.47 bits per heavy atom. The van der Waals surface area contributed by atoms with Gasteiger partial charge in [0.15, 0.2) is 5.82 Å². The van der Waals surface area contributed by atoms with Crippen LogP contribution in [0.4, 0.5) is 5.82 Å². The lowest BCUT2D eigenvalue weighted by Crippen LogP contribution is -2.42. The van der Waals surface area contributed by atoms with Crippen LogP contribution < -0.4 is 10.2 Å². The van der Waals surface area contributed by atoms with E-state index in [-0.39, 0.29) is 11.8 Å². The van der Waals surface area contributed by atoms with E-state index in [1.165, 1.54) is 0 Å². The molecule has 1 aliphatic rings. The summed E-state index contributed by atoms with van der Waals surface area (Å²) < 4.78 is 0. The Kier molecular flexibility index (Phi) is 3.56. The molecule has 1 aliphatic heterocycles. The third kappa shape index (κ3) is 2.72. The average molecular weight is 234 g/mol. The topological polar surface area (TPSA) is 58.1 Å². The third-order valence-corrected chi connectivity index (χ3v) is 3.15. The molecule has 0 aliphatic carbocycles. The normalized spacial score (nSPS) is 20.1. The smallest absolute Gasteiger partial charge is 0.224 e. The van der Waals surface area contributed by atoms with Crippen molar-refractivity contribution in [3.63, 3.8) is 0 Å². The Morgan fingerprint density at radius 3 is 2.94 bits per heavy atom. The van der Waals surface area contributed by atoms with Crippen LogP contribution in [0.5, 0.6) is 0 Å². The van der Waals surface area contributed by atoms with Crippen molar-refractivity contribution in [1.29, 1.82) is 0 Å². The monoisotopic (exact) mass is 234 g/mol. The number of carbonyl (C=O) groups is 1. The van der Waals surface area contributed by atoms with Crippen molar-refractivity contribution in [2.24, 2.45) is 5.92 Å². The maximum Gasteiger partial charge on any atom is 0.224 e. The average Bonchev–Trinajstić information content (AvgIpc) is 2.39. The minimum absolute atomic E-state index is 0.0665. The Labute approximate surface area is 101 Å². The van der Waals surface area contributed by atoms with Gasteiger partial charge in [0.05, 0.1) is 11.6 Å². The van der Waals surface area contributed by atoms with Crippen molar-refractivity contribution in [3.05, 3.63) is 17.8 Å². The molecule has 1 aromatic heterocycles. The zero-order valence-corrected chi connectivity index (χ0v) is 10.3. The standard InChI is InChI=1S/C12H18N4O/c1-9-5-6-11(15-14-9)16-7-3-4-10(8-16)12(17)13-2/h5-6,10H,3-4,7-8H2,1-2H3,(H,13,17). The highest BCUT2D eigenvalue weighted by atomic mass is 16.1. The summed E-state index contributed by atoms with van der Waals surface area (Å²) in [6.45, 7) is 3.60. The predicted molar refractivity (Wildman–Crippen MR) is 65.8 cm³/mol. The molecule has 2 heterocycles. The van der Waals surface area contributed by atoms with Crippen LogP contribution in [0.2, 0.25) is 0 Å². The summed E-state index contributed by atoms with van der Waals surface area (Å²) in [6.07, 6.45) is 1.98. The number of hydrogen-bond acceptors (Lipinski definition) is 4. The summed E-state index contributed by atoms with van der Waals surface area (Å²) in [5, 5.41) is 10.9. The number of aromatic nitrogens is 2. The molecule has 17 heavy (non-hydrogen) atoms. The fourth-order valence-electron chi connectivity index (χ4n) is 2.16. The van der Waals surface area contributed by atoms with Crippen LogP contribution in [0.15, 0.2) is 12.1 Å². The van der Waals surface area contributed by atoms with Crippen molar-refractivity contribution < 1.29 is 4.79 Å². The maximum absolute atomic E-state index is 11.6. The van der Waals surface area contributed by atoms with Crippen LogP contribution in [-0.4, -0.2) is 36.2 Å². The van der Waals surface area contributed by atoms with Gasteiger partial charge >= 0.3 is 0 Å². The Balaban J connectivity index is 2.06. The molecule has 0 aromatic carbocycles. The number of nitrogens with one attached hydrogen (secondary N) is 1. The van der Waals surface area contributed by atoms with Crippen molar-refractivity contribution in [2.75, 3.05) is 25.0 Å². The van der Waals surface area contributed by atoms with Crippen molar-refractivity contribution >= 4 is 11.7 Å². The van der Waals surface area contributed by atoms with E-state index >= 15 is 0 Å². The van der Waals surface area contributed by atoms with E-state index in [4.69, 9.17) is 0 Å². The van der Waals surface area contributed by atoms with Crippen molar-refractivity contribution in [3.8, 4) is 0 Å². The molecule has 1 fully saturated rings. The quantitative estimate of drug-likeness (QED) is 0.820. The second-order valence-corrected chi connectivity index (χ2v) is 4.43. The number of aryl methyl sites for hydroxylation is 1. The molecule has 0 saturated carbocycles. The second-order valence-electron chi connectivity index (χ2n) is 4.43. The van der Waals surface area contributed by atoms with Crippen LogP contribution in [0, 0.1) is 12.8 Å². The van der Waals surface area contributed by atoms with Gasteiger partial charge in [0.1, 0.15) is 0 Å². The molecular formula is C12H18N4O. The summed E-state index contributed by atoms with van der Waals surface area (Å²) in [5.74, 6) is 1.05. The van der Waals surface area contributed by atoms with Gasteiger partial charge in [-0.15, -0.1) is 5.10 Å². The number of rotatable bonds is 2. The lowest BCUT2D eigenvalue weighted by atomic mass is 9.97. The summed E-state index contributed by atoms with van der Waals surface area (Å²) in [7, 11) is 1.69. The Morgan fingerprint density at radius 2 is 2.29 bits per heavy atom. The van der Waals surface area contributed by atoms with Gasteiger partial charge in [-0.2, -0.15) is 5.10 Å². The SMILES string of the molecule is CNC(=O)C1CCCN(c2ccc(C)nn2)C1. The molecule has 1 saturated heterocycles. The summed E-state index contributed by atoms with van der Waals surface area (Å²) >= 11 is 0. The van der Waals surface area contributed by atoms with Crippen LogP contribution in [0.25, 0.3) is 0 Å². The van der Waals surface area contributed by atoms with E-state index in [1.807, 2.05) is 19.1 Å². The maximum atomic E-state index is 11.6. The highest BCUT2D eigenvalue weighted by molar-refractivity contribution is 5.79. The molecular weight excluding hydrogens is 216 g/mol. The lowest BCUT2D eigenvalue weighted by molar-refractivity contribution is -0.124. The van der Waals surface area contributed by atoms with Gasteiger partial charge in [-0.25, -0.2) is 0 Å². The van der Waals surface area contributed by atoms with E-state index in [9.17, 15) is 4.79 Å². The van der Waals surface area contributed by atoms with Crippen LogP contribution in [-0.2, 0) is 4.79 Å². The molecule has 5 nitrogen and oxygen atoms in total. The number of nitrogens with zero attached hydrogens (tertiary/aromatic N) is 3. The first-order chi connectivity index (χ1) is 8.20. The number of amides is 1. The number of piperidine rings is 1. The van der Waals surface area contributed by atoms with Gasteiger partial charge in [0.2, 0.25) is 5.91 Å². The fourth-order valence-corrected chi connectivity index (χ4v) is 2.16. The molecule has 1 amide bonds. The molecule has 92 valence electrons. The lowest BCUT2D eigenvalue weighted by Gasteiger charge is -2.32. The number of anilines is 1. The van der Waals surface area contributed by atoms with E-state index in [0.29, 0.717) is 0 Å². The van der Waals surface area contributed by atoms with Crippen molar-refractivity contribution in [1.82, 2.24) is 15.5 Å². The summed E-state index contributed by atoms with van der Waals surface area (Å²) in [5.41, 5.74) is 0.911. The summed E-state index contributed by atoms with van der Waals surface area (Å²) in [4.78, 5) is 13.8. The molecule has 2 rings (SSSR count). The molecule has 5 heteroatoms. The van der Waals surface area contributed by atoms with Crippen LogP contribution in [0.3, 0.4) is 0 Å². The largest absolute Gasteiger partial charge is 0.359 e. The molecule has 1 aromatic rings. The van der Waals surface area contributed by atoms with Gasteiger partial charge < -0.3 is 10.2 Å². The van der Waals surface area contributed by atoms with Gasteiger partial charge in [-0.1, -0.05) is 0 Å². The van der Waals surface area contributed by atoms with Crippen LogP contribution in [0.1, 0.15) is 18.5 Å². The molecule has 1 N–H and O–H groups in total. The number of carbonyl (C=O) groups excluding carboxylic acids is 1. The fraction of sp³-hybridized carbons (Fsp3) is 0.583. The van der Waals surface area contributed by atoms with Gasteiger partial charge in [-0.05, 0) is 31.9 Å². The van der Waals surface area contributed by atoms with E-state index in [0.717, 1.165) is 37.4 Å². The van der Waals surface area contributed by atoms with Gasteiger partial charge in [-0.3, -0.25) is 4.79 Å². The number of hydrogen-bond donors (Lipinski definition) is 1. The molecule has 1 unspecified atom stereocenters. The van der Waals surface area contributed by atoms with Crippen LogP contribution >= 0.6 is 0 Å². The molecule has 0 spiro atoms. The first kappa shape index (κ1) is 11.8. The molecule has 0 radical (unpaired) electrons. The van der Waals surface area contributed by atoms with Gasteiger partial charge in [0, 0.05) is 20.1 Å². The first-order valence-corrected chi connectivity index (χ1v) is 5.97. The van der Waals surface area contributed by atoms with Gasteiger partial charge in [0.25, 0.3) is 0 Å².